The van der Waals surface area contributed by atoms with Crippen molar-refractivity contribution < 1.29 is 22.7 Å². The Bertz CT molecular complexity index is 899. The lowest BCUT2D eigenvalue weighted by Crippen LogP contribution is -2.43. The van der Waals surface area contributed by atoms with Gasteiger partial charge in [-0.15, -0.1) is 4.83 Å². The second kappa shape index (κ2) is 8.11. The fourth-order valence-electron chi connectivity index (χ4n) is 1.81. The predicted octanol–water partition coefficient (Wildman–Crippen LogP) is 1.93. The van der Waals surface area contributed by atoms with Crippen LogP contribution in [-0.2, 0) is 14.8 Å². The molecule has 0 aliphatic carbocycles. The van der Waals surface area contributed by atoms with Crippen LogP contribution in [-0.4, -0.2) is 26.7 Å². The number of sulfonamides is 1. The lowest BCUT2D eigenvalue weighted by atomic mass is 10.2. The molecule has 0 fully saturated rings. The highest BCUT2D eigenvalue weighted by Crippen LogP contribution is 2.22. The van der Waals surface area contributed by atoms with Gasteiger partial charge in [0.25, 0.3) is 15.9 Å². The number of carbonyl (C=O) groups is 2. The number of Topliss-reactive ketones (excluding diaryl/α,β-unsaturated/α-hetero) is 1. The highest BCUT2D eigenvalue weighted by Gasteiger charge is 2.16. The molecule has 7 nitrogen and oxygen atoms in total. The van der Waals surface area contributed by atoms with E-state index < -0.39 is 22.5 Å². The molecule has 2 aromatic carbocycles. The van der Waals surface area contributed by atoms with Gasteiger partial charge in [0.05, 0.1) is 9.92 Å². The molecule has 0 aromatic heterocycles. The maximum absolute atomic E-state index is 12.1. The van der Waals surface area contributed by atoms with E-state index in [1.165, 1.54) is 31.2 Å². The van der Waals surface area contributed by atoms with Crippen LogP contribution in [0.25, 0.3) is 0 Å². The van der Waals surface area contributed by atoms with E-state index in [0.29, 0.717) is 10.8 Å². The third-order valence-corrected chi connectivity index (χ3v) is 4.63. The number of hydrogen-bond acceptors (Lipinski definition) is 5. The molecular weight excluding hydrogens is 368 g/mol. The van der Waals surface area contributed by atoms with Crippen LogP contribution in [0.3, 0.4) is 0 Å². The SMILES string of the molecule is CC(=O)c1cccc(S(=O)(=O)NNC(=O)COc2ccccc2Cl)c1. The van der Waals surface area contributed by atoms with Crippen molar-refractivity contribution in [3.8, 4) is 5.75 Å². The average Bonchev–Trinajstić information content (AvgIpc) is 2.59. The maximum atomic E-state index is 12.1. The Balaban J connectivity index is 1.95. The van der Waals surface area contributed by atoms with Gasteiger partial charge < -0.3 is 4.74 Å². The monoisotopic (exact) mass is 382 g/mol. The molecule has 2 aromatic rings. The lowest BCUT2D eigenvalue weighted by Gasteiger charge is -2.10. The number of ketones is 1. The first-order valence-corrected chi connectivity index (χ1v) is 8.95. The van der Waals surface area contributed by atoms with Crippen LogP contribution in [0, 0.1) is 0 Å². The summed E-state index contributed by atoms with van der Waals surface area (Å²) in [5.74, 6) is -0.684. The molecule has 0 aliphatic rings. The number of hydrazine groups is 1. The fraction of sp³-hybridized carbons (Fsp3) is 0.125. The number of carbonyl (C=O) groups excluding carboxylic acids is 2. The maximum Gasteiger partial charge on any atom is 0.272 e. The number of rotatable bonds is 7. The Morgan fingerprint density at radius 1 is 1.12 bits per heavy atom. The number of hydrogen-bond donors (Lipinski definition) is 2. The summed E-state index contributed by atoms with van der Waals surface area (Å²) in [7, 11) is -4.02. The molecule has 1 amide bonds. The summed E-state index contributed by atoms with van der Waals surface area (Å²) in [4.78, 5) is 24.8. The lowest BCUT2D eigenvalue weighted by molar-refractivity contribution is -0.123. The van der Waals surface area contributed by atoms with Gasteiger partial charge >= 0.3 is 0 Å². The molecule has 0 bridgehead atoms. The van der Waals surface area contributed by atoms with Crippen LogP contribution in [0.15, 0.2) is 53.4 Å². The number of ether oxygens (including phenoxy) is 1. The topological polar surface area (TPSA) is 102 Å². The van der Waals surface area contributed by atoms with Crippen molar-refractivity contribution in [2.24, 2.45) is 0 Å². The summed E-state index contributed by atoms with van der Waals surface area (Å²) in [5, 5.41) is 0.330. The molecule has 0 saturated carbocycles. The molecule has 0 atom stereocenters. The zero-order valence-corrected chi connectivity index (χ0v) is 14.7. The molecule has 0 spiro atoms. The number of para-hydroxylation sites is 1. The Labute approximate surface area is 150 Å². The smallest absolute Gasteiger partial charge is 0.272 e. The van der Waals surface area contributed by atoms with Crippen molar-refractivity contribution in [2.45, 2.75) is 11.8 Å². The molecule has 0 heterocycles. The van der Waals surface area contributed by atoms with Crippen LogP contribution in [0.1, 0.15) is 17.3 Å². The van der Waals surface area contributed by atoms with Crippen LogP contribution >= 0.6 is 11.6 Å². The first-order chi connectivity index (χ1) is 11.8. The normalized spacial score (nSPS) is 11.0. The molecule has 25 heavy (non-hydrogen) atoms. The minimum atomic E-state index is -4.02. The van der Waals surface area contributed by atoms with Crippen molar-refractivity contribution in [2.75, 3.05) is 6.61 Å². The predicted molar refractivity (Wildman–Crippen MR) is 91.9 cm³/mol. The number of benzene rings is 2. The van der Waals surface area contributed by atoms with Crippen molar-refractivity contribution >= 4 is 33.3 Å². The van der Waals surface area contributed by atoms with Gasteiger partial charge in [-0.1, -0.05) is 35.9 Å². The summed E-state index contributed by atoms with van der Waals surface area (Å²) < 4.78 is 29.5. The van der Waals surface area contributed by atoms with E-state index in [9.17, 15) is 18.0 Å². The van der Waals surface area contributed by atoms with Crippen LogP contribution in [0.5, 0.6) is 5.75 Å². The van der Waals surface area contributed by atoms with Crippen LogP contribution < -0.4 is 15.0 Å². The Morgan fingerprint density at radius 3 is 2.52 bits per heavy atom. The van der Waals surface area contributed by atoms with E-state index in [2.05, 4.69) is 0 Å². The fourth-order valence-corrected chi connectivity index (χ4v) is 2.90. The largest absolute Gasteiger partial charge is 0.482 e. The Morgan fingerprint density at radius 2 is 1.84 bits per heavy atom. The summed E-state index contributed by atoms with van der Waals surface area (Å²) in [6.45, 7) is 0.896. The first kappa shape index (κ1) is 18.9. The minimum absolute atomic E-state index is 0.146. The van der Waals surface area contributed by atoms with Crippen LogP contribution in [0.2, 0.25) is 5.02 Å². The van der Waals surface area contributed by atoms with Gasteiger partial charge in [-0.2, -0.15) is 0 Å². The summed E-state index contributed by atoms with van der Waals surface area (Å²) in [6.07, 6.45) is 0. The summed E-state index contributed by atoms with van der Waals surface area (Å²) in [5.41, 5.74) is 2.28. The molecule has 0 aliphatic heterocycles. The quantitative estimate of drug-likeness (QED) is 0.562. The average molecular weight is 383 g/mol. The van der Waals surface area contributed by atoms with E-state index in [-0.39, 0.29) is 16.2 Å². The van der Waals surface area contributed by atoms with Gasteiger partial charge in [0.15, 0.2) is 12.4 Å². The molecular formula is C16H15ClN2O5S. The first-order valence-electron chi connectivity index (χ1n) is 7.08. The van der Waals surface area contributed by atoms with Gasteiger partial charge in [0, 0.05) is 5.56 Å². The number of halogens is 1. The molecule has 2 N–H and O–H groups in total. The van der Waals surface area contributed by atoms with E-state index in [1.807, 2.05) is 10.3 Å². The highest BCUT2D eigenvalue weighted by molar-refractivity contribution is 7.89. The second-order valence-electron chi connectivity index (χ2n) is 4.96. The van der Waals surface area contributed by atoms with E-state index in [0.717, 1.165) is 0 Å². The summed E-state index contributed by atoms with van der Waals surface area (Å²) >= 11 is 5.88. The van der Waals surface area contributed by atoms with Gasteiger partial charge in [-0.3, -0.25) is 15.0 Å². The van der Waals surface area contributed by atoms with E-state index in [4.69, 9.17) is 16.3 Å². The molecule has 0 saturated heterocycles. The third kappa shape index (κ3) is 5.28. The third-order valence-electron chi connectivity index (χ3n) is 3.07. The Kier molecular flexibility index (Phi) is 6.13. The number of nitrogens with one attached hydrogen (secondary N) is 2. The van der Waals surface area contributed by atoms with Gasteiger partial charge in [0.1, 0.15) is 5.75 Å². The zero-order valence-electron chi connectivity index (χ0n) is 13.2. The molecule has 2 rings (SSSR count). The minimum Gasteiger partial charge on any atom is -0.482 e. The molecule has 0 unspecified atom stereocenters. The van der Waals surface area contributed by atoms with E-state index >= 15 is 0 Å². The van der Waals surface area contributed by atoms with Crippen LogP contribution in [0.4, 0.5) is 0 Å². The van der Waals surface area contributed by atoms with Gasteiger partial charge in [0.2, 0.25) is 0 Å². The van der Waals surface area contributed by atoms with Crippen molar-refractivity contribution in [3.63, 3.8) is 0 Å². The zero-order chi connectivity index (χ0) is 18.4. The molecule has 0 radical (unpaired) electrons. The Hall–Kier alpha value is -2.42. The number of amides is 1. The van der Waals surface area contributed by atoms with Crippen molar-refractivity contribution in [3.05, 3.63) is 59.1 Å². The molecule has 132 valence electrons. The van der Waals surface area contributed by atoms with Gasteiger partial charge in [-0.05, 0) is 31.2 Å². The summed E-state index contributed by atoms with van der Waals surface area (Å²) in [6, 6.07) is 12.0. The molecule has 9 heteroatoms. The van der Waals surface area contributed by atoms with Crippen molar-refractivity contribution in [1.29, 1.82) is 0 Å². The standard InChI is InChI=1S/C16H15ClN2O5S/c1-11(20)12-5-4-6-13(9-12)25(22,23)19-18-16(21)10-24-15-8-3-2-7-14(15)17/h2-9,19H,10H2,1H3,(H,18,21). The second-order valence-corrected chi connectivity index (χ2v) is 7.05. The van der Waals surface area contributed by atoms with Crippen molar-refractivity contribution in [1.82, 2.24) is 10.3 Å². The highest BCUT2D eigenvalue weighted by atomic mass is 35.5. The van der Waals surface area contributed by atoms with E-state index in [1.54, 1.807) is 24.3 Å². The van der Waals surface area contributed by atoms with Gasteiger partial charge in [-0.25, -0.2) is 8.42 Å².